The van der Waals surface area contributed by atoms with Crippen LogP contribution in [0.15, 0.2) is 23.7 Å². The zero-order valence-corrected chi connectivity index (χ0v) is 12.7. The van der Waals surface area contributed by atoms with Crippen molar-refractivity contribution < 1.29 is 4.39 Å². The summed E-state index contributed by atoms with van der Waals surface area (Å²) in [6, 6.07) is 4.63. The summed E-state index contributed by atoms with van der Waals surface area (Å²) < 4.78 is 15.4. The van der Waals surface area contributed by atoms with Crippen molar-refractivity contribution in [2.24, 2.45) is 0 Å². The molecule has 0 aliphatic carbocycles. The van der Waals surface area contributed by atoms with Gasteiger partial charge in [0.15, 0.2) is 0 Å². The Morgan fingerprint density at radius 2 is 2.25 bits per heavy atom. The molecule has 2 heterocycles. The minimum atomic E-state index is -0.287. The summed E-state index contributed by atoms with van der Waals surface area (Å²) in [5.74, 6) is 0.463. The molecule has 3 aromatic rings. The Bertz CT molecular complexity index is 763. The summed E-state index contributed by atoms with van der Waals surface area (Å²) >= 11 is 7.81. The van der Waals surface area contributed by atoms with E-state index in [1.165, 1.54) is 12.1 Å². The van der Waals surface area contributed by atoms with Crippen LogP contribution in [0, 0.1) is 12.7 Å². The number of hydrogen-bond donors (Lipinski definition) is 0. The number of rotatable bonds is 3. The lowest BCUT2D eigenvalue weighted by Crippen LogP contribution is -2.05. The molecule has 0 N–H and O–H groups in total. The minimum Gasteiger partial charge on any atom is -0.321 e. The van der Waals surface area contributed by atoms with E-state index in [9.17, 15) is 4.39 Å². The Hall–Kier alpha value is -1.46. The smallest absolute Gasteiger partial charge is 0.128 e. The molecule has 0 fully saturated rings. The second-order valence-electron chi connectivity index (χ2n) is 4.67. The third-order valence-electron chi connectivity index (χ3n) is 3.24. The molecule has 0 bridgehead atoms. The predicted molar refractivity (Wildman–Crippen MR) is 79.9 cm³/mol. The molecule has 0 spiro atoms. The first-order valence-electron chi connectivity index (χ1n) is 6.25. The van der Waals surface area contributed by atoms with Crippen molar-refractivity contribution in [1.82, 2.24) is 14.5 Å². The van der Waals surface area contributed by atoms with Crippen LogP contribution in [0.3, 0.4) is 0 Å². The number of hydrogen-bond acceptors (Lipinski definition) is 3. The minimum absolute atomic E-state index is 0.237. The van der Waals surface area contributed by atoms with Crippen LogP contribution in [0.1, 0.15) is 28.7 Å². The van der Waals surface area contributed by atoms with Gasteiger partial charge in [-0.05, 0) is 26.0 Å². The zero-order valence-electron chi connectivity index (χ0n) is 11.1. The first kappa shape index (κ1) is 13.5. The normalized spacial score (nSPS) is 13.0. The van der Waals surface area contributed by atoms with Crippen LogP contribution < -0.4 is 0 Å². The van der Waals surface area contributed by atoms with Crippen LogP contribution in [-0.2, 0) is 6.54 Å². The average Bonchev–Trinajstić information content (AvgIpc) is 2.95. The maximum atomic E-state index is 13.3. The lowest BCUT2D eigenvalue weighted by molar-refractivity contribution is 0.629. The molecule has 3 rings (SSSR count). The molecular formula is C14H13ClFN3S. The number of halogens is 2. The van der Waals surface area contributed by atoms with Crippen molar-refractivity contribution >= 4 is 34.0 Å². The van der Waals surface area contributed by atoms with E-state index >= 15 is 0 Å². The van der Waals surface area contributed by atoms with Crippen LogP contribution in [0.5, 0.6) is 0 Å². The number of imidazole rings is 1. The highest BCUT2D eigenvalue weighted by Crippen LogP contribution is 2.27. The number of benzene rings is 1. The van der Waals surface area contributed by atoms with Gasteiger partial charge in [-0.15, -0.1) is 22.9 Å². The van der Waals surface area contributed by atoms with Crippen molar-refractivity contribution in [3.05, 3.63) is 45.9 Å². The molecule has 0 aliphatic heterocycles. The Morgan fingerprint density at radius 3 is 2.90 bits per heavy atom. The molecule has 3 nitrogen and oxygen atoms in total. The monoisotopic (exact) mass is 309 g/mol. The van der Waals surface area contributed by atoms with E-state index in [2.05, 4.69) is 9.97 Å². The van der Waals surface area contributed by atoms with Gasteiger partial charge in [-0.3, -0.25) is 0 Å². The SMILES string of the molecule is Cc1ncsc1Cn1c(C(C)Cl)nc2cc(F)ccc21. The van der Waals surface area contributed by atoms with Gasteiger partial charge in [-0.25, -0.2) is 14.4 Å². The Labute approximate surface area is 125 Å². The van der Waals surface area contributed by atoms with E-state index in [-0.39, 0.29) is 11.2 Å². The van der Waals surface area contributed by atoms with Gasteiger partial charge in [0, 0.05) is 10.9 Å². The van der Waals surface area contributed by atoms with Crippen LogP contribution >= 0.6 is 22.9 Å². The molecule has 0 amide bonds. The molecule has 0 saturated carbocycles. The molecule has 0 aliphatic rings. The molecule has 1 aromatic carbocycles. The van der Waals surface area contributed by atoms with Gasteiger partial charge in [0.1, 0.15) is 11.6 Å². The third-order valence-corrected chi connectivity index (χ3v) is 4.36. The van der Waals surface area contributed by atoms with E-state index in [0.29, 0.717) is 12.1 Å². The molecule has 0 saturated heterocycles. The highest BCUT2D eigenvalue weighted by molar-refractivity contribution is 7.09. The lowest BCUT2D eigenvalue weighted by atomic mass is 10.3. The van der Waals surface area contributed by atoms with Crippen molar-refractivity contribution in [1.29, 1.82) is 0 Å². The molecule has 0 radical (unpaired) electrons. The van der Waals surface area contributed by atoms with E-state index in [0.717, 1.165) is 21.9 Å². The fraction of sp³-hybridized carbons (Fsp3) is 0.286. The van der Waals surface area contributed by atoms with Gasteiger partial charge in [0.05, 0.1) is 34.2 Å². The zero-order chi connectivity index (χ0) is 14.3. The number of thiazole rings is 1. The average molecular weight is 310 g/mol. The first-order chi connectivity index (χ1) is 9.56. The molecule has 20 heavy (non-hydrogen) atoms. The number of alkyl halides is 1. The number of nitrogens with zero attached hydrogens (tertiary/aromatic N) is 3. The summed E-state index contributed by atoms with van der Waals surface area (Å²) in [6.07, 6.45) is 0. The fourth-order valence-electron chi connectivity index (χ4n) is 2.21. The van der Waals surface area contributed by atoms with E-state index < -0.39 is 0 Å². The van der Waals surface area contributed by atoms with Gasteiger partial charge < -0.3 is 4.57 Å². The molecule has 2 aromatic heterocycles. The number of aryl methyl sites for hydroxylation is 1. The number of aromatic nitrogens is 3. The second kappa shape index (κ2) is 5.14. The molecule has 6 heteroatoms. The molecule has 104 valence electrons. The summed E-state index contributed by atoms with van der Waals surface area (Å²) in [6.45, 7) is 4.51. The van der Waals surface area contributed by atoms with E-state index in [1.807, 2.05) is 23.9 Å². The van der Waals surface area contributed by atoms with Crippen LogP contribution in [-0.4, -0.2) is 14.5 Å². The summed E-state index contributed by atoms with van der Waals surface area (Å²) in [5, 5.41) is -0.237. The quantitative estimate of drug-likeness (QED) is 0.676. The molecule has 1 atom stereocenters. The van der Waals surface area contributed by atoms with Crippen LogP contribution in [0.2, 0.25) is 0 Å². The first-order valence-corrected chi connectivity index (χ1v) is 7.56. The van der Waals surface area contributed by atoms with Gasteiger partial charge >= 0.3 is 0 Å². The maximum absolute atomic E-state index is 13.3. The van der Waals surface area contributed by atoms with Crippen molar-refractivity contribution in [3.63, 3.8) is 0 Å². The standard InChI is InChI=1S/C14H13ClFN3S/c1-8(15)14-18-11-5-10(16)3-4-12(11)19(14)6-13-9(2)17-7-20-13/h3-5,7-8H,6H2,1-2H3. The van der Waals surface area contributed by atoms with E-state index in [4.69, 9.17) is 11.6 Å². The summed E-state index contributed by atoms with van der Waals surface area (Å²) in [7, 11) is 0. The van der Waals surface area contributed by atoms with Gasteiger partial charge in [0.25, 0.3) is 0 Å². The summed E-state index contributed by atoms with van der Waals surface area (Å²) in [4.78, 5) is 9.88. The lowest BCUT2D eigenvalue weighted by Gasteiger charge is -2.09. The molecule has 1 unspecified atom stereocenters. The number of fused-ring (bicyclic) bond motifs is 1. The van der Waals surface area contributed by atoms with Crippen molar-refractivity contribution in [2.75, 3.05) is 0 Å². The highest BCUT2D eigenvalue weighted by Gasteiger charge is 2.16. The molecular weight excluding hydrogens is 297 g/mol. The topological polar surface area (TPSA) is 30.7 Å². The van der Waals surface area contributed by atoms with Crippen molar-refractivity contribution in [2.45, 2.75) is 25.8 Å². The fourth-order valence-corrected chi connectivity index (χ4v) is 3.14. The Morgan fingerprint density at radius 1 is 1.45 bits per heavy atom. The van der Waals surface area contributed by atoms with Gasteiger partial charge in [-0.1, -0.05) is 0 Å². The van der Waals surface area contributed by atoms with Gasteiger partial charge in [0.2, 0.25) is 0 Å². The predicted octanol–water partition coefficient (Wildman–Crippen LogP) is 4.29. The van der Waals surface area contributed by atoms with Gasteiger partial charge in [-0.2, -0.15) is 0 Å². The second-order valence-corrected chi connectivity index (χ2v) is 6.26. The van der Waals surface area contributed by atoms with Crippen LogP contribution in [0.25, 0.3) is 11.0 Å². The largest absolute Gasteiger partial charge is 0.321 e. The third kappa shape index (κ3) is 2.31. The Balaban J connectivity index is 2.16. The Kier molecular flexibility index (Phi) is 3.48. The highest BCUT2D eigenvalue weighted by atomic mass is 35.5. The van der Waals surface area contributed by atoms with Crippen LogP contribution in [0.4, 0.5) is 4.39 Å². The summed E-state index contributed by atoms with van der Waals surface area (Å²) in [5.41, 5.74) is 4.36. The maximum Gasteiger partial charge on any atom is 0.128 e. The van der Waals surface area contributed by atoms with Crippen molar-refractivity contribution in [3.8, 4) is 0 Å². The van der Waals surface area contributed by atoms with E-state index in [1.54, 1.807) is 17.4 Å².